The zero-order valence-electron chi connectivity index (χ0n) is 13.4. The fraction of sp³-hybridized carbons (Fsp3) is 0.438. The van der Waals surface area contributed by atoms with Gasteiger partial charge in [-0.05, 0) is 33.3 Å². The zero-order chi connectivity index (χ0) is 16.7. The maximum atomic E-state index is 11.2. The summed E-state index contributed by atoms with van der Waals surface area (Å²) < 4.78 is 3.21. The number of nitrogens with zero attached hydrogens (tertiary/aromatic N) is 2. The first-order chi connectivity index (χ1) is 10.4. The van der Waals surface area contributed by atoms with E-state index in [9.17, 15) is 14.4 Å². The highest BCUT2D eigenvalue weighted by Gasteiger charge is 2.00. The summed E-state index contributed by atoms with van der Waals surface area (Å²) in [6.07, 6.45) is 4.31. The van der Waals surface area contributed by atoms with Crippen LogP contribution in [-0.2, 0) is 0 Å². The van der Waals surface area contributed by atoms with Crippen LogP contribution in [0.4, 0.5) is 0 Å². The van der Waals surface area contributed by atoms with Crippen molar-refractivity contribution in [3.05, 3.63) is 67.9 Å². The molecule has 0 aromatic carbocycles. The molecule has 6 heteroatoms. The van der Waals surface area contributed by atoms with Gasteiger partial charge in [-0.1, -0.05) is 13.0 Å². The lowest BCUT2D eigenvalue weighted by molar-refractivity contribution is 0.514. The predicted octanol–water partition coefficient (Wildman–Crippen LogP) is 1.94. The molecule has 0 bridgehead atoms. The Morgan fingerprint density at radius 2 is 1.68 bits per heavy atom. The molecule has 0 saturated carbocycles. The normalized spacial score (nSPS) is 11.7. The molecule has 120 valence electrons. The third-order valence-corrected chi connectivity index (χ3v) is 3.32. The van der Waals surface area contributed by atoms with E-state index in [1.807, 2.05) is 33.0 Å². The number of hydrogen-bond acceptors (Lipinski definition) is 3. The maximum Gasteiger partial charge on any atom is 0.328 e. The lowest BCUT2D eigenvalue weighted by atomic mass is 10.2. The predicted molar refractivity (Wildman–Crippen MR) is 87.4 cm³/mol. The Kier molecular flexibility index (Phi) is 6.56. The van der Waals surface area contributed by atoms with Crippen molar-refractivity contribution in [3.63, 3.8) is 0 Å². The fourth-order valence-electron chi connectivity index (χ4n) is 1.83. The number of rotatable bonds is 3. The van der Waals surface area contributed by atoms with Crippen molar-refractivity contribution >= 4 is 0 Å². The molecule has 2 aromatic rings. The van der Waals surface area contributed by atoms with E-state index in [2.05, 4.69) is 11.9 Å². The first-order valence-corrected chi connectivity index (χ1v) is 7.35. The Labute approximate surface area is 129 Å². The van der Waals surface area contributed by atoms with Gasteiger partial charge in [-0.2, -0.15) is 0 Å². The van der Waals surface area contributed by atoms with Crippen molar-refractivity contribution in [3.8, 4) is 0 Å². The highest BCUT2D eigenvalue weighted by molar-refractivity contribution is 4.94. The maximum absolute atomic E-state index is 11.2. The van der Waals surface area contributed by atoms with Gasteiger partial charge in [0.2, 0.25) is 0 Å². The second kappa shape index (κ2) is 8.17. The van der Waals surface area contributed by atoms with E-state index >= 15 is 0 Å². The van der Waals surface area contributed by atoms with Crippen molar-refractivity contribution < 1.29 is 0 Å². The molecule has 0 radical (unpaired) electrons. The van der Waals surface area contributed by atoms with E-state index in [-0.39, 0.29) is 22.9 Å². The van der Waals surface area contributed by atoms with Gasteiger partial charge >= 0.3 is 5.69 Å². The van der Waals surface area contributed by atoms with E-state index < -0.39 is 0 Å². The number of nitrogens with one attached hydrogen (secondary N) is 1. The molecule has 1 atom stereocenters. The molecule has 1 N–H and O–H groups in total. The number of aromatic nitrogens is 3. The molecule has 0 amide bonds. The summed E-state index contributed by atoms with van der Waals surface area (Å²) in [7, 11) is 0. The van der Waals surface area contributed by atoms with Gasteiger partial charge in [0.1, 0.15) is 0 Å². The SMILES string of the molecule is CC(C)n1ccc(=O)[nH]c1=O.CCC(C)n1ccccc1=O. The highest BCUT2D eigenvalue weighted by atomic mass is 16.2. The monoisotopic (exact) mass is 305 g/mol. The molecule has 1 unspecified atom stereocenters. The van der Waals surface area contributed by atoms with Crippen LogP contribution in [0, 0.1) is 0 Å². The molecule has 0 aliphatic heterocycles. The summed E-state index contributed by atoms with van der Waals surface area (Å²) in [4.78, 5) is 34.9. The molecule has 0 spiro atoms. The minimum Gasteiger partial charge on any atom is -0.313 e. The Hall–Kier alpha value is -2.37. The van der Waals surface area contributed by atoms with Crippen molar-refractivity contribution in [2.24, 2.45) is 0 Å². The first-order valence-electron chi connectivity index (χ1n) is 7.35. The average molecular weight is 305 g/mol. The van der Waals surface area contributed by atoms with Crippen LogP contribution in [0.5, 0.6) is 0 Å². The smallest absolute Gasteiger partial charge is 0.313 e. The van der Waals surface area contributed by atoms with Crippen LogP contribution >= 0.6 is 0 Å². The molecule has 0 aliphatic rings. The van der Waals surface area contributed by atoms with Gasteiger partial charge in [0.15, 0.2) is 0 Å². The largest absolute Gasteiger partial charge is 0.328 e. The average Bonchev–Trinajstić information content (AvgIpc) is 2.47. The summed E-state index contributed by atoms with van der Waals surface area (Å²) in [5, 5.41) is 0. The lowest BCUT2D eigenvalue weighted by Gasteiger charge is -2.11. The van der Waals surface area contributed by atoms with Gasteiger partial charge in [0.05, 0.1) is 0 Å². The minimum atomic E-state index is -0.355. The zero-order valence-corrected chi connectivity index (χ0v) is 13.4. The van der Waals surface area contributed by atoms with E-state index in [4.69, 9.17) is 0 Å². The molecule has 0 saturated heterocycles. The van der Waals surface area contributed by atoms with Gasteiger partial charge < -0.3 is 4.57 Å². The van der Waals surface area contributed by atoms with E-state index in [0.29, 0.717) is 6.04 Å². The van der Waals surface area contributed by atoms with Crippen LogP contribution in [0.25, 0.3) is 0 Å². The molecule has 2 aromatic heterocycles. The molecular weight excluding hydrogens is 282 g/mol. The highest BCUT2D eigenvalue weighted by Crippen LogP contribution is 2.04. The van der Waals surface area contributed by atoms with Crippen molar-refractivity contribution in [2.45, 2.75) is 46.2 Å². The molecule has 2 rings (SSSR count). The van der Waals surface area contributed by atoms with Crippen LogP contribution in [0.3, 0.4) is 0 Å². The molecule has 0 aliphatic carbocycles. The van der Waals surface area contributed by atoms with Gasteiger partial charge in [0, 0.05) is 36.6 Å². The summed E-state index contributed by atoms with van der Waals surface area (Å²) in [5.41, 5.74) is -0.624. The summed E-state index contributed by atoms with van der Waals surface area (Å²) in [6.45, 7) is 7.87. The quantitative estimate of drug-likeness (QED) is 0.941. The summed E-state index contributed by atoms with van der Waals surface area (Å²) in [6, 6.07) is 6.96. The van der Waals surface area contributed by atoms with Crippen LogP contribution in [0.15, 0.2) is 51.0 Å². The van der Waals surface area contributed by atoms with Crippen molar-refractivity contribution in [1.82, 2.24) is 14.1 Å². The standard InChI is InChI=1S/C9H13NO.C7H10N2O2/c1-3-8(2)10-7-5-4-6-9(10)11;1-5(2)9-4-3-6(10)8-7(9)11/h4-8H,3H2,1-2H3;3-5H,1-2H3,(H,8,10,11). The summed E-state index contributed by atoms with van der Waals surface area (Å²) in [5.74, 6) is 0. The van der Waals surface area contributed by atoms with E-state index in [1.54, 1.807) is 16.7 Å². The molecule has 6 nitrogen and oxygen atoms in total. The summed E-state index contributed by atoms with van der Waals surface area (Å²) >= 11 is 0. The Morgan fingerprint density at radius 3 is 2.18 bits per heavy atom. The van der Waals surface area contributed by atoms with Gasteiger partial charge in [-0.25, -0.2) is 4.79 Å². The topological polar surface area (TPSA) is 76.9 Å². The molecule has 22 heavy (non-hydrogen) atoms. The Morgan fingerprint density at radius 1 is 1.00 bits per heavy atom. The number of hydrogen-bond donors (Lipinski definition) is 1. The van der Waals surface area contributed by atoms with Gasteiger partial charge in [-0.3, -0.25) is 19.1 Å². The third kappa shape index (κ3) is 4.87. The van der Waals surface area contributed by atoms with Crippen LogP contribution in [0.1, 0.15) is 46.2 Å². The number of pyridine rings is 1. The van der Waals surface area contributed by atoms with Gasteiger partial charge in [-0.15, -0.1) is 0 Å². The second-order valence-electron chi connectivity index (χ2n) is 5.31. The Bertz CT molecular complexity index is 756. The first kappa shape index (κ1) is 17.7. The van der Waals surface area contributed by atoms with Crippen molar-refractivity contribution in [1.29, 1.82) is 0 Å². The Balaban J connectivity index is 0.000000220. The fourth-order valence-corrected chi connectivity index (χ4v) is 1.83. The van der Waals surface area contributed by atoms with Crippen LogP contribution < -0.4 is 16.8 Å². The van der Waals surface area contributed by atoms with Gasteiger partial charge in [0.25, 0.3) is 11.1 Å². The lowest BCUT2D eigenvalue weighted by Crippen LogP contribution is -2.29. The van der Waals surface area contributed by atoms with Crippen LogP contribution in [0.2, 0.25) is 0 Å². The van der Waals surface area contributed by atoms with Crippen molar-refractivity contribution in [2.75, 3.05) is 0 Å². The number of aromatic amines is 1. The minimum absolute atomic E-state index is 0.0827. The third-order valence-electron chi connectivity index (χ3n) is 3.32. The second-order valence-corrected chi connectivity index (χ2v) is 5.31. The number of H-pyrrole nitrogens is 1. The van der Waals surface area contributed by atoms with Crippen LogP contribution in [-0.4, -0.2) is 14.1 Å². The molecular formula is C16H23N3O3. The van der Waals surface area contributed by atoms with E-state index in [0.717, 1.165) is 6.42 Å². The molecule has 2 heterocycles. The molecule has 0 fully saturated rings. The van der Waals surface area contributed by atoms with E-state index in [1.165, 1.54) is 16.8 Å².